The Bertz CT molecular complexity index is 577. The average Bonchev–Trinajstić information content (AvgIpc) is 2.89. The SMILES string of the molecule is CCN(C(=O)C(C)C1CNC1)C1CCN(c2ccccc2)C1=O.Cl. The molecule has 0 bridgehead atoms. The monoisotopic (exact) mass is 351 g/mol. The van der Waals surface area contributed by atoms with E-state index in [-0.39, 0.29) is 36.2 Å². The van der Waals surface area contributed by atoms with Gasteiger partial charge in [0.25, 0.3) is 0 Å². The average molecular weight is 352 g/mol. The normalized spacial score (nSPS) is 21.8. The summed E-state index contributed by atoms with van der Waals surface area (Å²) in [6.07, 6.45) is 0.711. The molecule has 1 aromatic carbocycles. The maximum Gasteiger partial charge on any atom is 0.249 e. The third-order valence-corrected chi connectivity index (χ3v) is 5.15. The van der Waals surface area contributed by atoms with Gasteiger partial charge >= 0.3 is 0 Å². The highest BCUT2D eigenvalue weighted by atomic mass is 35.5. The van der Waals surface area contributed by atoms with Gasteiger partial charge in [0.1, 0.15) is 6.04 Å². The fourth-order valence-electron chi connectivity index (χ4n) is 3.48. The van der Waals surface area contributed by atoms with Gasteiger partial charge < -0.3 is 15.1 Å². The van der Waals surface area contributed by atoms with E-state index >= 15 is 0 Å². The van der Waals surface area contributed by atoms with E-state index in [1.807, 2.05) is 44.2 Å². The molecule has 6 heteroatoms. The van der Waals surface area contributed by atoms with Crippen LogP contribution in [0.2, 0.25) is 0 Å². The smallest absolute Gasteiger partial charge is 0.249 e. The van der Waals surface area contributed by atoms with E-state index in [1.165, 1.54) is 0 Å². The van der Waals surface area contributed by atoms with Crippen LogP contribution in [0.4, 0.5) is 5.69 Å². The van der Waals surface area contributed by atoms with Gasteiger partial charge in [-0.15, -0.1) is 12.4 Å². The summed E-state index contributed by atoms with van der Waals surface area (Å²) in [5.74, 6) is 0.547. The lowest BCUT2D eigenvalue weighted by molar-refractivity contribution is -0.143. The molecule has 2 aliphatic rings. The maximum absolute atomic E-state index is 12.8. The second-order valence-electron chi connectivity index (χ2n) is 6.46. The molecule has 132 valence electrons. The van der Waals surface area contributed by atoms with Crippen molar-refractivity contribution in [3.8, 4) is 0 Å². The molecule has 0 saturated carbocycles. The quantitative estimate of drug-likeness (QED) is 0.881. The highest BCUT2D eigenvalue weighted by Gasteiger charge is 2.41. The first-order chi connectivity index (χ1) is 11.1. The van der Waals surface area contributed by atoms with Crippen LogP contribution in [0.25, 0.3) is 0 Å². The first kappa shape index (κ1) is 18.7. The summed E-state index contributed by atoms with van der Waals surface area (Å²) >= 11 is 0. The Morgan fingerprint density at radius 3 is 2.54 bits per heavy atom. The number of nitrogens with one attached hydrogen (secondary N) is 1. The first-order valence-corrected chi connectivity index (χ1v) is 8.51. The minimum atomic E-state index is -0.316. The minimum absolute atomic E-state index is 0. The number of benzene rings is 1. The number of nitrogens with zero attached hydrogens (tertiary/aromatic N) is 2. The second-order valence-corrected chi connectivity index (χ2v) is 6.46. The van der Waals surface area contributed by atoms with Crippen LogP contribution in [0.3, 0.4) is 0 Å². The van der Waals surface area contributed by atoms with Crippen molar-refractivity contribution in [3.63, 3.8) is 0 Å². The molecule has 3 rings (SSSR count). The van der Waals surface area contributed by atoms with E-state index in [2.05, 4.69) is 5.32 Å². The molecule has 5 nitrogen and oxygen atoms in total. The van der Waals surface area contributed by atoms with Gasteiger partial charge in [0.2, 0.25) is 11.8 Å². The Hall–Kier alpha value is -1.59. The molecular weight excluding hydrogens is 326 g/mol. The summed E-state index contributed by atoms with van der Waals surface area (Å²) in [7, 11) is 0. The topological polar surface area (TPSA) is 52.7 Å². The van der Waals surface area contributed by atoms with Crippen LogP contribution in [0.1, 0.15) is 20.3 Å². The summed E-state index contributed by atoms with van der Waals surface area (Å²) in [5, 5.41) is 3.21. The summed E-state index contributed by atoms with van der Waals surface area (Å²) in [6.45, 7) is 7.02. The zero-order chi connectivity index (χ0) is 16.4. The van der Waals surface area contributed by atoms with Crippen molar-refractivity contribution in [1.82, 2.24) is 10.2 Å². The third kappa shape index (κ3) is 3.42. The summed E-state index contributed by atoms with van der Waals surface area (Å²) in [6, 6.07) is 9.39. The standard InChI is InChI=1S/C18H25N3O2.ClH/c1-3-20(17(22)13(2)14-11-19-12-14)16-9-10-21(18(16)23)15-7-5-4-6-8-15;/h4-8,13-14,16,19H,3,9-12H2,1-2H3;1H. The summed E-state index contributed by atoms with van der Waals surface area (Å²) < 4.78 is 0. The van der Waals surface area contributed by atoms with Gasteiger partial charge in [-0.25, -0.2) is 0 Å². The van der Waals surface area contributed by atoms with Gasteiger partial charge in [-0.3, -0.25) is 9.59 Å². The number of anilines is 1. The van der Waals surface area contributed by atoms with Crippen molar-refractivity contribution in [3.05, 3.63) is 30.3 Å². The zero-order valence-corrected chi connectivity index (χ0v) is 15.1. The molecule has 2 fully saturated rings. The molecule has 1 N–H and O–H groups in total. The van der Waals surface area contributed by atoms with Crippen LogP contribution in [0.15, 0.2) is 30.3 Å². The number of halogens is 1. The van der Waals surface area contributed by atoms with Crippen LogP contribution < -0.4 is 10.2 Å². The molecule has 24 heavy (non-hydrogen) atoms. The first-order valence-electron chi connectivity index (χ1n) is 8.51. The van der Waals surface area contributed by atoms with Crippen molar-refractivity contribution < 1.29 is 9.59 Å². The van der Waals surface area contributed by atoms with Crippen molar-refractivity contribution in [2.24, 2.45) is 11.8 Å². The van der Waals surface area contributed by atoms with E-state index in [0.29, 0.717) is 25.4 Å². The lowest BCUT2D eigenvalue weighted by atomic mass is 9.87. The van der Waals surface area contributed by atoms with Crippen LogP contribution in [0.5, 0.6) is 0 Å². The molecule has 0 radical (unpaired) electrons. The van der Waals surface area contributed by atoms with Crippen LogP contribution in [-0.2, 0) is 9.59 Å². The zero-order valence-electron chi connectivity index (χ0n) is 14.3. The number of para-hydroxylation sites is 1. The minimum Gasteiger partial charge on any atom is -0.331 e. The Labute approximate surface area is 149 Å². The van der Waals surface area contributed by atoms with E-state index in [0.717, 1.165) is 18.8 Å². The summed E-state index contributed by atoms with van der Waals surface area (Å²) in [4.78, 5) is 29.2. The predicted octanol–water partition coefficient (Wildman–Crippen LogP) is 1.92. The van der Waals surface area contributed by atoms with Crippen molar-refractivity contribution in [2.75, 3.05) is 31.1 Å². The number of rotatable bonds is 5. The van der Waals surface area contributed by atoms with Crippen LogP contribution in [0, 0.1) is 11.8 Å². The largest absolute Gasteiger partial charge is 0.331 e. The molecule has 2 aliphatic heterocycles. The fraction of sp³-hybridized carbons (Fsp3) is 0.556. The van der Waals surface area contributed by atoms with E-state index < -0.39 is 0 Å². The molecule has 2 atom stereocenters. The van der Waals surface area contributed by atoms with Gasteiger partial charge in [-0.1, -0.05) is 25.1 Å². The molecule has 2 amide bonds. The molecule has 1 aromatic rings. The van der Waals surface area contributed by atoms with Crippen molar-refractivity contribution in [2.45, 2.75) is 26.3 Å². The Kier molecular flexibility index (Phi) is 6.24. The molecule has 2 unspecified atom stereocenters. The lowest BCUT2D eigenvalue weighted by Crippen LogP contribution is -2.53. The van der Waals surface area contributed by atoms with Gasteiger partial charge in [0.05, 0.1) is 0 Å². The van der Waals surface area contributed by atoms with Crippen molar-refractivity contribution >= 4 is 29.9 Å². The highest BCUT2D eigenvalue weighted by molar-refractivity contribution is 6.01. The molecule has 0 aromatic heterocycles. The predicted molar refractivity (Wildman–Crippen MR) is 97.4 cm³/mol. The molecule has 0 aliphatic carbocycles. The number of carbonyl (C=O) groups excluding carboxylic acids is 2. The Balaban J connectivity index is 0.00000208. The van der Waals surface area contributed by atoms with Gasteiger partial charge in [0.15, 0.2) is 0 Å². The van der Waals surface area contributed by atoms with E-state index in [1.54, 1.807) is 9.80 Å². The molecule has 2 heterocycles. The van der Waals surface area contributed by atoms with Crippen molar-refractivity contribution in [1.29, 1.82) is 0 Å². The number of amides is 2. The number of hydrogen-bond acceptors (Lipinski definition) is 3. The third-order valence-electron chi connectivity index (χ3n) is 5.15. The highest BCUT2D eigenvalue weighted by Crippen LogP contribution is 2.26. The Morgan fingerprint density at radius 2 is 2.00 bits per heavy atom. The van der Waals surface area contributed by atoms with Gasteiger partial charge in [0, 0.05) is 24.7 Å². The summed E-state index contributed by atoms with van der Waals surface area (Å²) in [5.41, 5.74) is 0.916. The lowest BCUT2D eigenvalue weighted by Gasteiger charge is -2.36. The number of carbonyl (C=O) groups is 2. The number of hydrogen-bond donors (Lipinski definition) is 1. The maximum atomic E-state index is 12.8. The second kappa shape index (κ2) is 7.99. The van der Waals surface area contributed by atoms with Crippen LogP contribution >= 0.6 is 12.4 Å². The van der Waals surface area contributed by atoms with Crippen LogP contribution in [-0.4, -0.2) is 48.9 Å². The fourth-order valence-corrected chi connectivity index (χ4v) is 3.48. The van der Waals surface area contributed by atoms with Gasteiger partial charge in [-0.05, 0) is 44.5 Å². The van der Waals surface area contributed by atoms with E-state index in [9.17, 15) is 9.59 Å². The Morgan fingerprint density at radius 1 is 1.33 bits per heavy atom. The molecule has 2 saturated heterocycles. The molecule has 0 spiro atoms. The number of likely N-dealkylation sites (N-methyl/N-ethyl adjacent to an activating group) is 1. The van der Waals surface area contributed by atoms with E-state index in [4.69, 9.17) is 0 Å². The molecular formula is C18H26ClN3O2. The van der Waals surface area contributed by atoms with Gasteiger partial charge in [-0.2, -0.15) is 0 Å².